The first kappa shape index (κ1) is 9.01. The van der Waals surface area contributed by atoms with Crippen molar-refractivity contribution in [2.75, 3.05) is 0 Å². The van der Waals surface area contributed by atoms with Gasteiger partial charge in [0.2, 0.25) is 0 Å². The molecule has 1 fully saturated rings. The molecular weight excluding hydrogens is 138 g/mol. The molecular formula is C9H19NO. The summed E-state index contributed by atoms with van der Waals surface area (Å²) in [6.07, 6.45) is 4.58. The molecule has 0 bridgehead atoms. The summed E-state index contributed by atoms with van der Waals surface area (Å²) in [5.74, 6) is 0. The SMILES string of the molecule is CCCCC1CC(O)C(C)N1. The van der Waals surface area contributed by atoms with Crippen LogP contribution in [0.25, 0.3) is 0 Å². The lowest BCUT2D eigenvalue weighted by molar-refractivity contribution is 0.164. The first-order valence-electron chi connectivity index (χ1n) is 4.68. The van der Waals surface area contributed by atoms with Crippen molar-refractivity contribution >= 4 is 0 Å². The summed E-state index contributed by atoms with van der Waals surface area (Å²) in [6, 6.07) is 0.872. The zero-order valence-corrected chi connectivity index (χ0v) is 7.51. The smallest absolute Gasteiger partial charge is 0.0705 e. The normalized spacial score (nSPS) is 37.9. The Balaban J connectivity index is 2.18. The van der Waals surface area contributed by atoms with Crippen LogP contribution in [-0.2, 0) is 0 Å². The van der Waals surface area contributed by atoms with Crippen molar-refractivity contribution in [3.63, 3.8) is 0 Å². The lowest BCUT2D eigenvalue weighted by Gasteiger charge is -2.09. The van der Waals surface area contributed by atoms with Gasteiger partial charge in [0.1, 0.15) is 0 Å². The minimum Gasteiger partial charge on any atom is -0.391 e. The highest BCUT2D eigenvalue weighted by molar-refractivity contribution is 4.87. The minimum atomic E-state index is -0.114. The van der Waals surface area contributed by atoms with Gasteiger partial charge in [-0.3, -0.25) is 0 Å². The van der Waals surface area contributed by atoms with Crippen LogP contribution in [0.3, 0.4) is 0 Å². The number of nitrogens with one attached hydrogen (secondary N) is 1. The largest absolute Gasteiger partial charge is 0.391 e. The van der Waals surface area contributed by atoms with Gasteiger partial charge in [-0.2, -0.15) is 0 Å². The van der Waals surface area contributed by atoms with Crippen LogP contribution >= 0.6 is 0 Å². The van der Waals surface area contributed by atoms with E-state index < -0.39 is 0 Å². The van der Waals surface area contributed by atoms with Crippen LogP contribution in [0.2, 0.25) is 0 Å². The van der Waals surface area contributed by atoms with E-state index in [4.69, 9.17) is 0 Å². The van der Waals surface area contributed by atoms with E-state index in [0.717, 1.165) is 6.42 Å². The maximum atomic E-state index is 9.40. The first-order valence-corrected chi connectivity index (χ1v) is 4.68. The molecule has 0 aromatic rings. The Morgan fingerprint density at radius 3 is 2.73 bits per heavy atom. The van der Waals surface area contributed by atoms with Crippen LogP contribution < -0.4 is 5.32 Å². The topological polar surface area (TPSA) is 32.3 Å². The Morgan fingerprint density at radius 2 is 2.27 bits per heavy atom. The standard InChI is InChI=1S/C9H19NO/c1-3-4-5-8-6-9(11)7(2)10-8/h7-11H,3-6H2,1-2H3. The number of hydrogen-bond acceptors (Lipinski definition) is 2. The Kier molecular flexibility index (Phi) is 3.34. The molecule has 2 nitrogen and oxygen atoms in total. The third kappa shape index (κ3) is 2.46. The van der Waals surface area contributed by atoms with Gasteiger partial charge in [-0.15, -0.1) is 0 Å². The summed E-state index contributed by atoms with van der Waals surface area (Å²) in [7, 11) is 0. The molecule has 2 heteroatoms. The summed E-state index contributed by atoms with van der Waals surface area (Å²) in [5.41, 5.74) is 0. The van der Waals surface area contributed by atoms with Gasteiger partial charge in [-0.05, 0) is 19.8 Å². The van der Waals surface area contributed by atoms with Crippen LogP contribution in [0.15, 0.2) is 0 Å². The molecule has 1 aliphatic heterocycles. The third-order valence-corrected chi connectivity index (χ3v) is 2.51. The number of rotatable bonds is 3. The molecule has 2 N–H and O–H groups in total. The monoisotopic (exact) mass is 157 g/mol. The molecule has 0 amide bonds. The van der Waals surface area contributed by atoms with E-state index in [1.54, 1.807) is 0 Å². The fraction of sp³-hybridized carbons (Fsp3) is 1.00. The highest BCUT2D eigenvalue weighted by Crippen LogP contribution is 2.17. The zero-order chi connectivity index (χ0) is 8.27. The van der Waals surface area contributed by atoms with Crippen molar-refractivity contribution in [1.82, 2.24) is 5.32 Å². The summed E-state index contributed by atoms with van der Waals surface area (Å²) >= 11 is 0. The van der Waals surface area contributed by atoms with Crippen LogP contribution in [0, 0.1) is 0 Å². The van der Waals surface area contributed by atoms with Crippen molar-refractivity contribution in [3.8, 4) is 0 Å². The lowest BCUT2D eigenvalue weighted by Crippen LogP contribution is -2.30. The lowest BCUT2D eigenvalue weighted by atomic mass is 10.1. The molecule has 66 valence electrons. The van der Waals surface area contributed by atoms with E-state index in [0.29, 0.717) is 12.1 Å². The van der Waals surface area contributed by atoms with Crippen LogP contribution in [0.5, 0.6) is 0 Å². The van der Waals surface area contributed by atoms with Crippen LogP contribution in [0.1, 0.15) is 39.5 Å². The fourth-order valence-corrected chi connectivity index (χ4v) is 1.70. The van der Waals surface area contributed by atoms with Gasteiger partial charge in [0.15, 0.2) is 0 Å². The quantitative estimate of drug-likeness (QED) is 0.647. The Labute approximate surface area is 69.0 Å². The van der Waals surface area contributed by atoms with E-state index in [1.807, 2.05) is 0 Å². The number of hydrogen-bond donors (Lipinski definition) is 2. The molecule has 0 aromatic carbocycles. The van der Waals surface area contributed by atoms with Gasteiger partial charge < -0.3 is 10.4 Å². The van der Waals surface area contributed by atoms with E-state index in [-0.39, 0.29) is 6.10 Å². The second-order valence-corrected chi connectivity index (χ2v) is 3.60. The van der Waals surface area contributed by atoms with E-state index >= 15 is 0 Å². The molecule has 3 unspecified atom stereocenters. The molecule has 0 aliphatic carbocycles. The zero-order valence-electron chi connectivity index (χ0n) is 7.51. The van der Waals surface area contributed by atoms with Crippen molar-refractivity contribution in [1.29, 1.82) is 0 Å². The van der Waals surface area contributed by atoms with Crippen LogP contribution in [-0.4, -0.2) is 23.3 Å². The van der Waals surface area contributed by atoms with Crippen molar-refractivity contribution < 1.29 is 5.11 Å². The second-order valence-electron chi connectivity index (χ2n) is 3.60. The predicted molar refractivity (Wildman–Crippen MR) is 46.5 cm³/mol. The van der Waals surface area contributed by atoms with Gasteiger partial charge in [0.05, 0.1) is 6.10 Å². The first-order chi connectivity index (χ1) is 5.24. The highest BCUT2D eigenvalue weighted by atomic mass is 16.3. The molecule has 0 spiro atoms. The van der Waals surface area contributed by atoms with Gasteiger partial charge in [0.25, 0.3) is 0 Å². The highest BCUT2D eigenvalue weighted by Gasteiger charge is 2.27. The second kappa shape index (κ2) is 4.07. The molecule has 11 heavy (non-hydrogen) atoms. The third-order valence-electron chi connectivity index (χ3n) is 2.51. The molecule has 0 aromatic heterocycles. The van der Waals surface area contributed by atoms with Gasteiger partial charge in [-0.1, -0.05) is 19.8 Å². The van der Waals surface area contributed by atoms with E-state index in [9.17, 15) is 5.11 Å². The Hall–Kier alpha value is -0.0800. The molecule has 1 heterocycles. The molecule has 0 radical (unpaired) electrons. The Morgan fingerprint density at radius 1 is 1.55 bits per heavy atom. The predicted octanol–water partition coefficient (Wildman–Crippen LogP) is 1.29. The molecule has 0 saturated carbocycles. The van der Waals surface area contributed by atoms with E-state index in [2.05, 4.69) is 19.2 Å². The summed E-state index contributed by atoms with van der Waals surface area (Å²) in [5, 5.41) is 12.8. The van der Waals surface area contributed by atoms with Gasteiger partial charge in [0, 0.05) is 12.1 Å². The van der Waals surface area contributed by atoms with Gasteiger partial charge in [-0.25, -0.2) is 0 Å². The molecule has 1 aliphatic rings. The fourth-order valence-electron chi connectivity index (χ4n) is 1.70. The van der Waals surface area contributed by atoms with Crippen molar-refractivity contribution in [3.05, 3.63) is 0 Å². The molecule has 1 rings (SSSR count). The summed E-state index contributed by atoms with van der Waals surface area (Å²) < 4.78 is 0. The molecule has 1 saturated heterocycles. The molecule has 3 atom stereocenters. The summed E-state index contributed by atoms with van der Waals surface area (Å²) in [4.78, 5) is 0. The summed E-state index contributed by atoms with van der Waals surface area (Å²) in [6.45, 7) is 4.26. The van der Waals surface area contributed by atoms with Crippen molar-refractivity contribution in [2.45, 2.75) is 57.7 Å². The maximum Gasteiger partial charge on any atom is 0.0705 e. The van der Waals surface area contributed by atoms with Crippen LogP contribution in [0.4, 0.5) is 0 Å². The average molecular weight is 157 g/mol. The average Bonchev–Trinajstić information content (AvgIpc) is 2.28. The number of aliphatic hydroxyl groups is 1. The maximum absolute atomic E-state index is 9.40. The number of unbranched alkanes of at least 4 members (excludes halogenated alkanes) is 1. The Bertz CT molecular complexity index is 106. The van der Waals surface area contributed by atoms with E-state index in [1.165, 1.54) is 19.3 Å². The number of aliphatic hydroxyl groups excluding tert-OH is 1. The minimum absolute atomic E-state index is 0.114. The van der Waals surface area contributed by atoms with Crippen molar-refractivity contribution in [2.24, 2.45) is 0 Å². The van der Waals surface area contributed by atoms with Gasteiger partial charge >= 0.3 is 0 Å².